The standard InChI is InChI=1S/C31H33NO6/c1-2-23-30(31(35)38-22-8-3-4-9-22)28(19-6-5-7-21(33)14-19)29-24(32-23)15-20(16-25(29)34)18-10-11-26-27(17-18)37-13-12-36-26/h5-7,10-11,14,17,20,22,28,32-33H,2-4,8-9,12-13,15-16H2,1H3. The fourth-order valence-electron chi connectivity index (χ4n) is 6.28. The second-order valence-electron chi connectivity index (χ2n) is 10.5. The molecule has 2 aromatic carbocycles. The van der Waals surface area contributed by atoms with Crippen molar-refractivity contribution in [1.29, 1.82) is 0 Å². The van der Waals surface area contributed by atoms with Crippen LogP contribution in [0.25, 0.3) is 0 Å². The lowest BCUT2D eigenvalue weighted by Gasteiger charge is -2.37. The van der Waals surface area contributed by atoms with Crippen LogP contribution in [0.2, 0.25) is 0 Å². The molecular formula is C31H33NO6. The third kappa shape index (κ3) is 4.55. The molecule has 2 atom stereocenters. The molecule has 0 saturated heterocycles. The molecule has 7 heteroatoms. The predicted octanol–water partition coefficient (Wildman–Crippen LogP) is 5.40. The number of phenolic OH excluding ortho intramolecular Hbond substituents is 1. The summed E-state index contributed by atoms with van der Waals surface area (Å²) in [5.74, 6) is 0.540. The molecule has 2 aromatic rings. The number of rotatable bonds is 5. The smallest absolute Gasteiger partial charge is 0.337 e. The van der Waals surface area contributed by atoms with Crippen LogP contribution in [0.15, 0.2) is 65.0 Å². The van der Waals surface area contributed by atoms with Gasteiger partial charge in [0.25, 0.3) is 0 Å². The zero-order chi connectivity index (χ0) is 26.2. The Labute approximate surface area is 222 Å². The van der Waals surface area contributed by atoms with Crippen LogP contribution in [-0.2, 0) is 14.3 Å². The van der Waals surface area contributed by atoms with E-state index in [1.54, 1.807) is 18.2 Å². The number of hydrogen-bond donors (Lipinski definition) is 2. The minimum Gasteiger partial charge on any atom is -0.508 e. The van der Waals surface area contributed by atoms with Gasteiger partial charge in [0.1, 0.15) is 25.1 Å². The highest BCUT2D eigenvalue weighted by molar-refractivity contribution is 6.04. The highest BCUT2D eigenvalue weighted by Gasteiger charge is 2.42. The molecule has 0 radical (unpaired) electrons. The van der Waals surface area contributed by atoms with E-state index in [0.717, 1.165) is 54.0 Å². The van der Waals surface area contributed by atoms with Gasteiger partial charge in [-0.15, -0.1) is 0 Å². The summed E-state index contributed by atoms with van der Waals surface area (Å²) in [4.78, 5) is 27.5. The van der Waals surface area contributed by atoms with E-state index in [1.165, 1.54) is 0 Å². The van der Waals surface area contributed by atoms with Crippen molar-refractivity contribution in [3.8, 4) is 17.2 Å². The van der Waals surface area contributed by atoms with Crippen LogP contribution in [-0.4, -0.2) is 36.2 Å². The number of allylic oxidation sites excluding steroid dienone is 3. The van der Waals surface area contributed by atoms with Crippen LogP contribution in [0.3, 0.4) is 0 Å². The average molecular weight is 516 g/mol. The van der Waals surface area contributed by atoms with Gasteiger partial charge in [0.15, 0.2) is 17.3 Å². The summed E-state index contributed by atoms with van der Waals surface area (Å²) in [6.07, 6.45) is 5.30. The number of phenols is 1. The summed E-state index contributed by atoms with van der Waals surface area (Å²) in [5, 5.41) is 13.8. The van der Waals surface area contributed by atoms with Gasteiger partial charge in [-0.2, -0.15) is 0 Å². The SMILES string of the molecule is CCC1=C(C(=O)OC2CCCC2)C(c2cccc(O)c2)C2=C(CC(c3ccc4c(c3)OCCO4)CC2=O)N1. The van der Waals surface area contributed by atoms with Crippen LogP contribution >= 0.6 is 0 Å². The molecule has 2 unspecified atom stereocenters. The third-order valence-corrected chi connectivity index (χ3v) is 8.10. The van der Waals surface area contributed by atoms with Crippen molar-refractivity contribution in [3.05, 3.63) is 76.1 Å². The summed E-state index contributed by atoms with van der Waals surface area (Å²) < 4.78 is 17.4. The first-order chi connectivity index (χ1) is 18.5. The lowest BCUT2D eigenvalue weighted by atomic mass is 9.71. The van der Waals surface area contributed by atoms with E-state index >= 15 is 0 Å². The molecule has 2 heterocycles. The number of nitrogens with one attached hydrogen (secondary N) is 1. The molecule has 2 N–H and O–H groups in total. The average Bonchev–Trinajstić information content (AvgIpc) is 3.44. The van der Waals surface area contributed by atoms with E-state index in [0.29, 0.717) is 49.4 Å². The first kappa shape index (κ1) is 24.6. The molecule has 0 aromatic heterocycles. The van der Waals surface area contributed by atoms with Gasteiger partial charge in [0.2, 0.25) is 0 Å². The van der Waals surface area contributed by atoms with Crippen LogP contribution in [0, 0.1) is 0 Å². The number of hydrogen-bond acceptors (Lipinski definition) is 7. The molecule has 6 rings (SSSR count). The summed E-state index contributed by atoms with van der Waals surface area (Å²) in [7, 11) is 0. The molecule has 0 amide bonds. The Morgan fingerprint density at radius 2 is 1.82 bits per heavy atom. The lowest BCUT2D eigenvalue weighted by molar-refractivity contribution is -0.144. The lowest BCUT2D eigenvalue weighted by Crippen LogP contribution is -2.37. The van der Waals surface area contributed by atoms with E-state index in [-0.39, 0.29) is 29.5 Å². The van der Waals surface area contributed by atoms with Crippen molar-refractivity contribution in [2.75, 3.05) is 13.2 Å². The van der Waals surface area contributed by atoms with Gasteiger partial charge in [-0.25, -0.2) is 4.79 Å². The molecule has 1 fully saturated rings. The number of ketones is 1. The van der Waals surface area contributed by atoms with E-state index in [9.17, 15) is 14.7 Å². The zero-order valence-electron chi connectivity index (χ0n) is 21.6. The molecule has 38 heavy (non-hydrogen) atoms. The first-order valence-electron chi connectivity index (χ1n) is 13.7. The Kier molecular flexibility index (Phi) is 6.60. The highest BCUT2D eigenvalue weighted by Crippen LogP contribution is 2.47. The molecule has 198 valence electrons. The van der Waals surface area contributed by atoms with Gasteiger partial charge in [0.05, 0.1) is 5.57 Å². The Bertz CT molecular complexity index is 1340. The molecular weight excluding hydrogens is 482 g/mol. The Hall–Kier alpha value is -3.74. The van der Waals surface area contributed by atoms with Gasteiger partial charge < -0.3 is 24.6 Å². The minimum atomic E-state index is -0.587. The van der Waals surface area contributed by atoms with Crippen molar-refractivity contribution in [1.82, 2.24) is 5.32 Å². The van der Waals surface area contributed by atoms with Crippen molar-refractivity contribution in [2.45, 2.75) is 69.8 Å². The van der Waals surface area contributed by atoms with Gasteiger partial charge >= 0.3 is 5.97 Å². The molecule has 2 aliphatic heterocycles. The van der Waals surface area contributed by atoms with Crippen LogP contribution < -0.4 is 14.8 Å². The maximum Gasteiger partial charge on any atom is 0.337 e. The van der Waals surface area contributed by atoms with Crippen molar-refractivity contribution in [3.63, 3.8) is 0 Å². The maximum absolute atomic E-state index is 13.9. The molecule has 7 nitrogen and oxygen atoms in total. The molecule has 4 aliphatic rings. The van der Waals surface area contributed by atoms with Crippen LogP contribution in [0.4, 0.5) is 0 Å². The quantitative estimate of drug-likeness (QED) is 0.515. The molecule has 2 aliphatic carbocycles. The Morgan fingerprint density at radius 1 is 1.03 bits per heavy atom. The van der Waals surface area contributed by atoms with Gasteiger partial charge in [0, 0.05) is 29.3 Å². The van der Waals surface area contributed by atoms with Gasteiger partial charge in [-0.1, -0.05) is 25.1 Å². The number of fused-ring (bicyclic) bond motifs is 1. The van der Waals surface area contributed by atoms with Crippen molar-refractivity contribution in [2.24, 2.45) is 0 Å². The van der Waals surface area contributed by atoms with Gasteiger partial charge in [-0.05, 0) is 79.8 Å². The largest absolute Gasteiger partial charge is 0.508 e. The van der Waals surface area contributed by atoms with E-state index < -0.39 is 5.92 Å². The number of Topliss-reactive ketones (excluding diaryl/α,β-unsaturated/α-hetero) is 1. The highest BCUT2D eigenvalue weighted by atomic mass is 16.6. The van der Waals surface area contributed by atoms with Gasteiger partial charge in [-0.3, -0.25) is 4.79 Å². The van der Waals surface area contributed by atoms with Crippen molar-refractivity contribution >= 4 is 11.8 Å². The number of dihydropyridines is 1. The number of ether oxygens (including phenoxy) is 3. The molecule has 0 spiro atoms. The number of aromatic hydroxyl groups is 1. The first-order valence-corrected chi connectivity index (χ1v) is 13.7. The second-order valence-corrected chi connectivity index (χ2v) is 10.5. The van der Waals surface area contributed by atoms with E-state index in [1.807, 2.05) is 31.2 Å². The van der Waals surface area contributed by atoms with Crippen LogP contribution in [0.1, 0.15) is 74.8 Å². The monoisotopic (exact) mass is 515 g/mol. The number of carbonyl (C=O) groups excluding carboxylic acids is 2. The second kappa shape index (κ2) is 10.2. The number of carbonyl (C=O) groups is 2. The minimum absolute atomic E-state index is 0.00620. The topological polar surface area (TPSA) is 94.1 Å². The van der Waals surface area contributed by atoms with E-state index in [2.05, 4.69) is 5.32 Å². The third-order valence-electron chi connectivity index (χ3n) is 8.10. The summed E-state index contributed by atoms with van der Waals surface area (Å²) in [6.45, 7) is 3.04. The zero-order valence-corrected chi connectivity index (χ0v) is 21.6. The number of benzene rings is 2. The normalized spacial score (nSPS) is 23.2. The Balaban J connectivity index is 1.39. The Morgan fingerprint density at radius 3 is 2.58 bits per heavy atom. The fourth-order valence-corrected chi connectivity index (χ4v) is 6.28. The van der Waals surface area contributed by atoms with Crippen molar-refractivity contribution < 1.29 is 28.9 Å². The van der Waals surface area contributed by atoms with E-state index in [4.69, 9.17) is 14.2 Å². The fraction of sp³-hybridized carbons (Fsp3) is 0.419. The molecule has 1 saturated carbocycles. The molecule has 0 bridgehead atoms. The predicted molar refractivity (Wildman–Crippen MR) is 141 cm³/mol. The maximum atomic E-state index is 13.9. The van der Waals surface area contributed by atoms with Crippen LogP contribution in [0.5, 0.6) is 17.2 Å². The summed E-state index contributed by atoms with van der Waals surface area (Å²) >= 11 is 0. The summed E-state index contributed by atoms with van der Waals surface area (Å²) in [6, 6.07) is 12.8. The number of esters is 1. The summed E-state index contributed by atoms with van der Waals surface area (Å²) in [5.41, 5.74) is 4.43.